The average Bonchev–Trinajstić information content (AvgIpc) is 3.31. The van der Waals surface area contributed by atoms with E-state index in [0.29, 0.717) is 24.6 Å². The van der Waals surface area contributed by atoms with Crippen LogP contribution >= 0.6 is 0 Å². The van der Waals surface area contributed by atoms with Crippen LogP contribution in [0.5, 0.6) is 5.75 Å². The number of hydrogen-bond acceptors (Lipinski definition) is 6. The molecule has 0 amide bonds. The average molecular weight is 444 g/mol. The Hall–Kier alpha value is -3.33. The number of rotatable bonds is 10. The number of carbonyl (C=O) groups is 1. The van der Waals surface area contributed by atoms with Gasteiger partial charge < -0.3 is 9.47 Å². The summed E-state index contributed by atoms with van der Waals surface area (Å²) in [6.45, 7) is 2.71. The lowest BCUT2D eigenvalue weighted by atomic mass is 10.2. The Morgan fingerprint density at radius 3 is 2.39 bits per heavy atom. The molecule has 31 heavy (non-hydrogen) atoms. The van der Waals surface area contributed by atoms with Crippen LogP contribution in [-0.4, -0.2) is 43.9 Å². The topological polar surface area (TPSA) is 90.7 Å². The summed E-state index contributed by atoms with van der Waals surface area (Å²) in [6, 6.07) is 15.5. The van der Waals surface area contributed by atoms with E-state index in [1.54, 1.807) is 60.3 Å². The Kier molecular flexibility index (Phi) is 7.30. The Balaban J connectivity index is 1.84. The summed E-state index contributed by atoms with van der Waals surface area (Å²) in [5.74, 6) is -0.0779. The van der Waals surface area contributed by atoms with Gasteiger partial charge in [-0.25, -0.2) is 13.2 Å². The zero-order valence-electron chi connectivity index (χ0n) is 17.4. The number of sulfonamides is 1. The van der Waals surface area contributed by atoms with Crippen molar-refractivity contribution in [3.8, 4) is 5.75 Å². The molecule has 9 heteroatoms. The largest absolute Gasteiger partial charge is 0.492 e. The molecule has 0 bridgehead atoms. The van der Waals surface area contributed by atoms with Gasteiger partial charge in [0.1, 0.15) is 18.4 Å². The lowest BCUT2D eigenvalue weighted by Gasteiger charge is -2.30. The second kappa shape index (κ2) is 10.1. The SMILES string of the molecule is CC[C@H](C(=O)OC)N(c1ccccc1)S(=O)(=O)c1ccc(OCCn2cccn2)cc1. The van der Waals surface area contributed by atoms with Crippen LogP contribution in [0.25, 0.3) is 0 Å². The van der Waals surface area contributed by atoms with E-state index in [-0.39, 0.29) is 11.3 Å². The highest BCUT2D eigenvalue weighted by atomic mass is 32.2. The van der Waals surface area contributed by atoms with Crippen LogP contribution < -0.4 is 9.04 Å². The number of ether oxygens (including phenoxy) is 2. The molecule has 1 heterocycles. The van der Waals surface area contributed by atoms with Gasteiger partial charge in [-0.2, -0.15) is 5.10 Å². The highest BCUT2D eigenvalue weighted by Gasteiger charge is 2.35. The number of carbonyl (C=O) groups excluding carboxylic acids is 1. The summed E-state index contributed by atoms with van der Waals surface area (Å²) in [5, 5.41) is 4.10. The van der Waals surface area contributed by atoms with E-state index in [1.165, 1.54) is 19.2 Å². The summed E-state index contributed by atoms with van der Waals surface area (Å²) >= 11 is 0. The number of esters is 1. The van der Waals surface area contributed by atoms with Crippen molar-refractivity contribution in [1.82, 2.24) is 9.78 Å². The highest BCUT2D eigenvalue weighted by molar-refractivity contribution is 7.93. The van der Waals surface area contributed by atoms with E-state index in [4.69, 9.17) is 9.47 Å². The monoisotopic (exact) mass is 443 g/mol. The number of anilines is 1. The van der Waals surface area contributed by atoms with Crippen molar-refractivity contribution in [2.75, 3.05) is 18.0 Å². The van der Waals surface area contributed by atoms with Crippen molar-refractivity contribution in [2.45, 2.75) is 30.8 Å². The number of methoxy groups -OCH3 is 1. The Morgan fingerprint density at radius 1 is 1.10 bits per heavy atom. The van der Waals surface area contributed by atoms with Crippen molar-refractivity contribution < 1.29 is 22.7 Å². The molecule has 0 radical (unpaired) electrons. The molecule has 0 N–H and O–H groups in total. The Labute approximate surface area is 182 Å². The maximum Gasteiger partial charge on any atom is 0.329 e. The molecular formula is C22H25N3O5S. The molecule has 0 aliphatic carbocycles. The van der Waals surface area contributed by atoms with Crippen LogP contribution in [0.3, 0.4) is 0 Å². The number of para-hydroxylation sites is 1. The Morgan fingerprint density at radius 2 is 1.81 bits per heavy atom. The minimum Gasteiger partial charge on any atom is -0.492 e. The fourth-order valence-corrected chi connectivity index (χ4v) is 4.81. The molecule has 8 nitrogen and oxygen atoms in total. The standard InChI is InChI=1S/C22H25N3O5S/c1-3-21(22(26)29-2)25(18-8-5-4-6-9-18)31(27,28)20-12-10-19(11-13-20)30-17-16-24-15-7-14-23-24/h4-15,21H,3,16-17H2,1-2H3/t21-/m1/s1. The van der Waals surface area contributed by atoms with Gasteiger partial charge in [-0.3, -0.25) is 8.99 Å². The summed E-state index contributed by atoms with van der Waals surface area (Å²) in [7, 11) is -2.78. The van der Waals surface area contributed by atoms with Gasteiger partial charge in [0.2, 0.25) is 0 Å². The normalized spacial score (nSPS) is 12.2. The van der Waals surface area contributed by atoms with Gasteiger partial charge in [0, 0.05) is 12.4 Å². The molecule has 2 aromatic carbocycles. The van der Waals surface area contributed by atoms with Crippen molar-refractivity contribution in [3.05, 3.63) is 73.1 Å². The van der Waals surface area contributed by atoms with E-state index in [0.717, 1.165) is 4.31 Å². The number of nitrogens with zero attached hydrogens (tertiary/aromatic N) is 3. The highest BCUT2D eigenvalue weighted by Crippen LogP contribution is 2.28. The Bertz CT molecular complexity index is 1070. The van der Waals surface area contributed by atoms with Crippen LogP contribution in [0.4, 0.5) is 5.69 Å². The van der Waals surface area contributed by atoms with Gasteiger partial charge in [0.15, 0.2) is 0 Å². The van der Waals surface area contributed by atoms with Gasteiger partial charge in [-0.15, -0.1) is 0 Å². The fraction of sp³-hybridized carbons (Fsp3) is 0.273. The molecule has 0 saturated carbocycles. The van der Waals surface area contributed by atoms with Gasteiger partial charge in [0.05, 0.1) is 24.2 Å². The first-order chi connectivity index (χ1) is 15.0. The molecule has 0 saturated heterocycles. The molecule has 0 aliphatic heterocycles. The summed E-state index contributed by atoms with van der Waals surface area (Å²) in [6.07, 6.45) is 3.79. The van der Waals surface area contributed by atoms with E-state index in [1.807, 2.05) is 12.3 Å². The van der Waals surface area contributed by atoms with Crippen molar-refractivity contribution in [3.63, 3.8) is 0 Å². The van der Waals surface area contributed by atoms with Crippen LogP contribution in [0.1, 0.15) is 13.3 Å². The van der Waals surface area contributed by atoms with Gasteiger partial charge in [-0.05, 0) is 48.9 Å². The van der Waals surface area contributed by atoms with Crippen LogP contribution in [0.15, 0.2) is 78.0 Å². The van der Waals surface area contributed by atoms with E-state index >= 15 is 0 Å². The maximum atomic E-state index is 13.5. The van der Waals surface area contributed by atoms with Crippen molar-refractivity contribution in [2.24, 2.45) is 0 Å². The second-order valence-electron chi connectivity index (χ2n) is 6.67. The molecule has 0 aliphatic rings. The third-order valence-corrected chi connectivity index (χ3v) is 6.53. The minimum atomic E-state index is -4.03. The van der Waals surface area contributed by atoms with Crippen LogP contribution in [0, 0.1) is 0 Å². The number of aromatic nitrogens is 2. The number of hydrogen-bond donors (Lipinski definition) is 0. The van der Waals surface area contributed by atoms with E-state index in [9.17, 15) is 13.2 Å². The summed E-state index contributed by atoms with van der Waals surface area (Å²) < 4.78 is 40.4. The minimum absolute atomic E-state index is 0.0538. The van der Waals surface area contributed by atoms with Crippen LogP contribution in [-0.2, 0) is 26.1 Å². The van der Waals surface area contributed by atoms with E-state index < -0.39 is 22.0 Å². The molecular weight excluding hydrogens is 418 g/mol. The summed E-state index contributed by atoms with van der Waals surface area (Å²) in [5.41, 5.74) is 0.388. The van der Waals surface area contributed by atoms with Crippen molar-refractivity contribution in [1.29, 1.82) is 0 Å². The molecule has 3 aromatic rings. The predicted octanol–water partition coefficient (Wildman–Crippen LogP) is 3.11. The van der Waals surface area contributed by atoms with Crippen LogP contribution in [0.2, 0.25) is 0 Å². The fourth-order valence-electron chi connectivity index (χ4n) is 3.14. The van der Waals surface area contributed by atoms with Gasteiger partial charge in [-0.1, -0.05) is 25.1 Å². The number of benzene rings is 2. The summed E-state index contributed by atoms with van der Waals surface area (Å²) in [4.78, 5) is 12.4. The van der Waals surface area contributed by atoms with Gasteiger partial charge >= 0.3 is 5.97 Å². The van der Waals surface area contributed by atoms with E-state index in [2.05, 4.69) is 5.10 Å². The molecule has 3 rings (SSSR count). The van der Waals surface area contributed by atoms with Crippen molar-refractivity contribution >= 4 is 21.7 Å². The second-order valence-corrected chi connectivity index (χ2v) is 8.49. The first kappa shape index (κ1) is 22.4. The molecule has 164 valence electrons. The molecule has 0 fully saturated rings. The smallest absolute Gasteiger partial charge is 0.329 e. The zero-order valence-corrected chi connectivity index (χ0v) is 18.2. The predicted molar refractivity (Wildman–Crippen MR) is 116 cm³/mol. The molecule has 0 spiro atoms. The molecule has 0 unspecified atom stereocenters. The molecule has 1 atom stereocenters. The molecule has 1 aromatic heterocycles. The lowest BCUT2D eigenvalue weighted by molar-refractivity contribution is -0.142. The van der Waals surface area contributed by atoms with Gasteiger partial charge in [0.25, 0.3) is 10.0 Å². The zero-order chi connectivity index (χ0) is 22.3. The first-order valence-corrected chi connectivity index (χ1v) is 11.3. The lowest BCUT2D eigenvalue weighted by Crippen LogP contribution is -2.45. The third-order valence-electron chi connectivity index (χ3n) is 4.68. The third kappa shape index (κ3) is 5.24. The maximum absolute atomic E-state index is 13.5. The first-order valence-electron chi connectivity index (χ1n) is 9.85. The quantitative estimate of drug-likeness (QED) is 0.447.